The van der Waals surface area contributed by atoms with Crippen molar-refractivity contribution in [1.29, 1.82) is 0 Å². The van der Waals surface area contributed by atoms with Gasteiger partial charge in [0.2, 0.25) is 0 Å². The lowest BCUT2D eigenvalue weighted by atomic mass is 10.1. The first kappa shape index (κ1) is 15.1. The highest BCUT2D eigenvalue weighted by Crippen LogP contribution is 2.19. The number of Topliss-reactive ketones (excluding diaryl/α,β-unsaturated/α-hetero) is 1. The monoisotopic (exact) mass is 265 g/mol. The van der Waals surface area contributed by atoms with Crippen LogP contribution in [-0.2, 0) is 0 Å². The van der Waals surface area contributed by atoms with Crippen LogP contribution in [0.5, 0.6) is 0 Å². The molecule has 0 heterocycles. The number of benzene rings is 1. The Kier molecular flexibility index (Phi) is 6.27. The van der Waals surface area contributed by atoms with E-state index in [1.54, 1.807) is 0 Å². The van der Waals surface area contributed by atoms with Gasteiger partial charge in [-0.3, -0.25) is 4.79 Å². The molecular weight excluding hydrogens is 242 g/mol. The van der Waals surface area contributed by atoms with E-state index in [1.165, 1.54) is 17.9 Å². The summed E-state index contributed by atoms with van der Waals surface area (Å²) < 4.78 is 0. The Bertz CT molecular complexity index is 375. The molecule has 0 N–H and O–H groups in total. The van der Waals surface area contributed by atoms with Crippen LogP contribution in [0.25, 0.3) is 0 Å². The molecule has 1 aromatic carbocycles. The quantitative estimate of drug-likeness (QED) is 0.698. The smallest absolute Gasteiger partial charge is 0.162 e. The first-order valence-electron chi connectivity index (χ1n) is 6.45. The molecule has 0 aliphatic heterocycles. The number of hydrogen-bond acceptors (Lipinski definition) is 3. The molecule has 0 spiro atoms. The molecule has 0 saturated heterocycles. The lowest BCUT2D eigenvalue weighted by molar-refractivity contribution is 0.0988. The second-order valence-electron chi connectivity index (χ2n) is 4.57. The summed E-state index contributed by atoms with van der Waals surface area (Å²) in [6.07, 6.45) is 3.88. The summed E-state index contributed by atoms with van der Waals surface area (Å²) in [5.41, 5.74) is 1.99. The summed E-state index contributed by atoms with van der Waals surface area (Å²) in [4.78, 5) is 13.8. The molecular formula is C15H23NOS. The van der Waals surface area contributed by atoms with Crippen LogP contribution in [0, 0.1) is 0 Å². The summed E-state index contributed by atoms with van der Waals surface area (Å²) in [5, 5.41) is 0. The number of anilines is 1. The normalized spacial score (nSPS) is 12.2. The van der Waals surface area contributed by atoms with Crippen LogP contribution < -0.4 is 4.90 Å². The van der Waals surface area contributed by atoms with Crippen molar-refractivity contribution in [2.45, 2.75) is 32.7 Å². The molecule has 0 radical (unpaired) electrons. The minimum absolute atomic E-state index is 0.208. The minimum Gasteiger partial charge on any atom is -0.372 e. The van der Waals surface area contributed by atoms with Gasteiger partial charge >= 0.3 is 0 Å². The van der Waals surface area contributed by atoms with E-state index in [9.17, 15) is 4.79 Å². The fourth-order valence-corrected chi connectivity index (χ4v) is 2.40. The summed E-state index contributed by atoms with van der Waals surface area (Å²) in [7, 11) is 2.11. The average molecular weight is 265 g/mol. The number of carbonyl (C=O) groups excluding carboxylic acids is 1. The highest BCUT2D eigenvalue weighted by Gasteiger charge is 2.10. The van der Waals surface area contributed by atoms with Crippen molar-refractivity contribution in [3.05, 3.63) is 29.8 Å². The zero-order valence-corrected chi connectivity index (χ0v) is 12.6. The molecule has 1 unspecified atom stereocenters. The Balaban J connectivity index is 2.69. The van der Waals surface area contributed by atoms with E-state index in [2.05, 4.69) is 25.1 Å². The summed E-state index contributed by atoms with van der Waals surface area (Å²) in [5.74, 6) is 1.39. The highest BCUT2D eigenvalue weighted by atomic mass is 32.2. The number of ketones is 1. The summed E-state index contributed by atoms with van der Waals surface area (Å²) in [6.45, 7) is 4.13. The van der Waals surface area contributed by atoms with Gasteiger partial charge < -0.3 is 4.90 Å². The van der Waals surface area contributed by atoms with Gasteiger partial charge in [0.1, 0.15) is 0 Å². The zero-order valence-electron chi connectivity index (χ0n) is 11.8. The first-order chi connectivity index (χ1) is 8.60. The third kappa shape index (κ3) is 4.05. The molecule has 0 bridgehead atoms. The standard InChI is InChI=1S/C15H23NOS/c1-5-15(17)13-6-8-14(9-7-13)16(3)12(2)10-11-18-4/h6-9,12H,5,10-11H2,1-4H3. The van der Waals surface area contributed by atoms with E-state index in [1.807, 2.05) is 43.0 Å². The van der Waals surface area contributed by atoms with E-state index in [0.717, 1.165) is 5.56 Å². The lowest BCUT2D eigenvalue weighted by Gasteiger charge is -2.27. The van der Waals surface area contributed by atoms with Gasteiger partial charge in [-0.1, -0.05) is 6.92 Å². The largest absolute Gasteiger partial charge is 0.372 e. The topological polar surface area (TPSA) is 20.3 Å². The zero-order chi connectivity index (χ0) is 13.5. The van der Waals surface area contributed by atoms with Gasteiger partial charge in [-0.2, -0.15) is 11.8 Å². The Labute approximate surface area is 115 Å². The molecule has 1 atom stereocenters. The number of thioether (sulfide) groups is 1. The fraction of sp³-hybridized carbons (Fsp3) is 0.533. The third-order valence-corrected chi connectivity index (χ3v) is 3.96. The third-order valence-electron chi connectivity index (χ3n) is 3.32. The van der Waals surface area contributed by atoms with Crippen LogP contribution >= 0.6 is 11.8 Å². The van der Waals surface area contributed by atoms with Gasteiger partial charge in [0.25, 0.3) is 0 Å². The molecule has 0 fully saturated rings. The maximum Gasteiger partial charge on any atom is 0.162 e. The number of carbonyl (C=O) groups is 1. The number of rotatable bonds is 7. The number of nitrogens with zero attached hydrogens (tertiary/aromatic N) is 1. The van der Waals surface area contributed by atoms with E-state index in [0.29, 0.717) is 12.5 Å². The van der Waals surface area contributed by atoms with Crippen LogP contribution in [-0.4, -0.2) is 30.9 Å². The maximum atomic E-state index is 11.6. The number of hydrogen-bond donors (Lipinski definition) is 0. The summed E-state index contributed by atoms with van der Waals surface area (Å²) in [6, 6.07) is 8.46. The Hall–Kier alpha value is -0.960. The van der Waals surface area contributed by atoms with Gasteiger partial charge in [0, 0.05) is 30.8 Å². The SMILES string of the molecule is CCC(=O)c1ccc(N(C)C(C)CCSC)cc1. The highest BCUT2D eigenvalue weighted by molar-refractivity contribution is 7.98. The predicted molar refractivity (Wildman–Crippen MR) is 81.9 cm³/mol. The van der Waals surface area contributed by atoms with Crippen molar-refractivity contribution < 1.29 is 4.79 Å². The van der Waals surface area contributed by atoms with Gasteiger partial charge in [0.05, 0.1) is 0 Å². The molecule has 0 saturated carbocycles. The van der Waals surface area contributed by atoms with Crippen molar-refractivity contribution in [2.24, 2.45) is 0 Å². The second kappa shape index (κ2) is 7.47. The van der Waals surface area contributed by atoms with Gasteiger partial charge in [-0.15, -0.1) is 0 Å². The van der Waals surface area contributed by atoms with Crippen LogP contribution in [0.2, 0.25) is 0 Å². The van der Waals surface area contributed by atoms with E-state index >= 15 is 0 Å². The Morgan fingerprint density at radius 1 is 1.33 bits per heavy atom. The lowest BCUT2D eigenvalue weighted by Crippen LogP contribution is -2.29. The first-order valence-corrected chi connectivity index (χ1v) is 7.84. The van der Waals surface area contributed by atoms with Crippen LogP contribution in [0.1, 0.15) is 37.0 Å². The van der Waals surface area contributed by atoms with Crippen molar-refractivity contribution >= 4 is 23.2 Å². The molecule has 0 aliphatic rings. The van der Waals surface area contributed by atoms with E-state index < -0.39 is 0 Å². The van der Waals surface area contributed by atoms with Crippen molar-refractivity contribution in [3.63, 3.8) is 0 Å². The van der Waals surface area contributed by atoms with E-state index in [4.69, 9.17) is 0 Å². The molecule has 1 aromatic rings. The Morgan fingerprint density at radius 3 is 2.44 bits per heavy atom. The maximum absolute atomic E-state index is 11.6. The molecule has 0 aliphatic carbocycles. The Morgan fingerprint density at radius 2 is 1.94 bits per heavy atom. The van der Waals surface area contributed by atoms with Gasteiger partial charge in [-0.05, 0) is 49.6 Å². The summed E-state index contributed by atoms with van der Waals surface area (Å²) >= 11 is 1.88. The van der Waals surface area contributed by atoms with Crippen LogP contribution in [0.15, 0.2) is 24.3 Å². The van der Waals surface area contributed by atoms with Crippen molar-refractivity contribution in [2.75, 3.05) is 24.0 Å². The molecule has 2 nitrogen and oxygen atoms in total. The van der Waals surface area contributed by atoms with Crippen molar-refractivity contribution in [3.8, 4) is 0 Å². The van der Waals surface area contributed by atoms with E-state index in [-0.39, 0.29) is 5.78 Å². The molecule has 100 valence electrons. The van der Waals surface area contributed by atoms with Gasteiger partial charge in [0.15, 0.2) is 5.78 Å². The predicted octanol–water partition coefficient (Wildman–Crippen LogP) is 3.86. The molecule has 0 amide bonds. The fourth-order valence-electron chi connectivity index (χ4n) is 1.82. The molecule has 0 aromatic heterocycles. The average Bonchev–Trinajstić information content (AvgIpc) is 2.43. The van der Waals surface area contributed by atoms with Crippen LogP contribution in [0.4, 0.5) is 5.69 Å². The molecule has 1 rings (SSSR count). The van der Waals surface area contributed by atoms with Crippen molar-refractivity contribution in [1.82, 2.24) is 0 Å². The molecule has 3 heteroatoms. The minimum atomic E-state index is 0.208. The second-order valence-corrected chi connectivity index (χ2v) is 5.55. The van der Waals surface area contributed by atoms with Gasteiger partial charge in [-0.25, -0.2) is 0 Å². The van der Waals surface area contributed by atoms with Crippen LogP contribution in [0.3, 0.4) is 0 Å². The molecule has 18 heavy (non-hydrogen) atoms.